The molecule has 0 saturated heterocycles. The van der Waals surface area contributed by atoms with Gasteiger partial charge in [-0.05, 0) is 0 Å². The average Bonchev–Trinajstić information content (AvgIpc) is 2.37. The maximum atomic E-state index is 8.52. The van der Waals surface area contributed by atoms with Crippen LogP contribution >= 0.6 is 8.25 Å². The van der Waals surface area contributed by atoms with Crippen LogP contribution in [0.5, 0.6) is 0 Å². The van der Waals surface area contributed by atoms with Crippen LogP contribution in [0.25, 0.3) is 0 Å². The van der Waals surface area contributed by atoms with Crippen molar-refractivity contribution in [3.63, 3.8) is 0 Å². The van der Waals surface area contributed by atoms with Gasteiger partial charge in [0.1, 0.15) is 0 Å². The zero-order valence-corrected chi connectivity index (χ0v) is 17.3. The Morgan fingerprint density at radius 1 is 1.00 bits per heavy atom. The van der Waals surface area contributed by atoms with E-state index in [0.29, 0.717) is 13.1 Å². The zero-order valence-electron chi connectivity index (χ0n) is 12.3. The summed E-state index contributed by atoms with van der Waals surface area (Å²) < 4.78 is 8.52. The van der Waals surface area contributed by atoms with E-state index < -0.39 is 8.25 Å². The second kappa shape index (κ2) is 74.9. The first-order chi connectivity index (χ1) is 8.15. The van der Waals surface area contributed by atoms with Crippen molar-refractivity contribution < 1.29 is 78.6 Å². The summed E-state index contributed by atoms with van der Waals surface area (Å²) in [5.74, 6) is 0. The van der Waals surface area contributed by atoms with E-state index in [4.69, 9.17) is 25.2 Å². The van der Waals surface area contributed by atoms with E-state index in [0.717, 1.165) is 6.54 Å². The first-order valence-electron chi connectivity index (χ1n) is 4.54. The summed E-state index contributed by atoms with van der Waals surface area (Å²) in [5.41, 5.74) is 5.13. The van der Waals surface area contributed by atoms with Crippen molar-refractivity contribution in [3.8, 4) is 0 Å². The molecule has 0 aromatic rings. The molecule has 0 unspecified atom stereocenters. The molecule has 0 aliphatic carbocycles. The molecule has 0 rings (SSSR count). The van der Waals surface area contributed by atoms with Crippen LogP contribution < -0.4 is 80.0 Å². The third kappa shape index (κ3) is 208. The van der Waals surface area contributed by atoms with Crippen LogP contribution in [0.3, 0.4) is 0 Å². The number of hydrogen-bond acceptors (Lipinski definition) is 6. The minimum absolute atomic E-state index is 0. The normalized spacial score (nSPS) is 5.95. The molecule has 0 atom stereocenters. The summed E-state index contributed by atoms with van der Waals surface area (Å²) in [6.07, 6.45) is 0. The summed E-state index contributed by atoms with van der Waals surface area (Å²) in [7, 11) is -3.63. The Morgan fingerprint density at radius 2 is 1.26 bits per heavy atom. The first kappa shape index (κ1) is 42.7. The monoisotopic (exact) mass is 314 g/mol. The molecule has 6 nitrogen and oxygen atoms in total. The van der Waals surface area contributed by atoms with Crippen molar-refractivity contribution in [3.05, 3.63) is 39.5 Å². The van der Waals surface area contributed by atoms with E-state index in [1.165, 1.54) is 0 Å². The van der Waals surface area contributed by atoms with Gasteiger partial charge in [0.15, 0.2) is 0 Å². The Kier molecular flexibility index (Phi) is 169. The Morgan fingerprint density at radius 3 is 1.42 bits per heavy atom. The molecule has 0 fully saturated rings. The standard InChI is InChI=1S/C4H12N2O.3C2H4.2Na.H3O3P/c5-1-2-6-3-4-7;3*1-2;;;1-4(2)3/h6-7H,1-5H2;3*1-2H2;;;4H,(H2,1,2,3)/q;;;;2*+1;/p-2. The van der Waals surface area contributed by atoms with Gasteiger partial charge in [0.25, 0.3) is 0 Å². The SMILES string of the molecule is C=C.C=C.C=C.NCCNCCO.O=[PH]([O-])[O-].[Na+].[Na+]. The third-order valence-corrected chi connectivity index (χ3v) is 0.610. The number of rotatable bonds is 4. The van der Waals surface area contributed by atoms with Gasteiger partial charge in [-0.15, -0.1) is 39.5 Å². The predicted octanol–water partition coefficient (Wildman–Crippen LogP) is -6.96. The largest absolute Gasteiger partial charge is 1.00 e. The summed E-state index contributed by atoms with van der Waals surface area (Å²) in [6.45, 7) is 20.3. The molecule has 0 aromatic carbocycles. The van der Waals surface area contributed by atoms with Gasteiger partial charge in [-0.1, -0.05) is 8.25 Å². The summed E-state index contributed by atoms with van der Waals surface area (Å²) in [6, 6.07) is 0. The average molecular weight is 314 g/mol. The van der Waals surface area contributed by atoms with Crippen LogP contribution in [0.1, 0.15) is 0 Å². The van der Waals surface area contributed by atoms with E-state index in [2.05, 4.69) is 44.8 Å². The molecule has 0 aliphatic rings. The van der Waals surface area contributed by atoms with E-state index in [9.17, 15) is 0 Å². The molecular formula is C10H25N2Na2O4P. The quantitative estimate of drug-likeness (QED) is 0.205. The van der Waals surface area contributed by atoms with Gasteiger partial charge < -0.3 is 30.5 Å². The van der Waals surface area contributed by atoms with Crippen molar-refractivity contribution in [1.82, 2.24) is 5.32 Å². The number of aliphatic hydroxyl groups excluding tert-OH is 1. The number of aliphatic hydroxyl groups is 1. The molecule has 0 saturated carbocycles. The van der Waals surface area contributed by atoms with Gasteiger partial charge in [-0.3, -0.25) is 0 Å². The van der Waals surface area contributed by atoms with Gasteiger partial charge in [0, 0.05) is 19.6 Å². The summed E-state index contributed by atoms with van der Waals surface area (Å²) in [5, 5.41) is 11.1. The molecule has 0 heterocycles. The first-order valence-corrected chi connectivity index (χ1v) is 5.77. The molecule has 0 aliphatic heterocycles. The van der Waals surface area contributed by atoms with Crippen LogP contribution in [-0.2, 0) is 4.57 Å². The van der Waals surface area contributed by atoms with Gasteiger partial charge in [-0.2, -0.15) is 0 Å². The van der Waals surface area contributed by atoms with E-state index in [1.54, 1.807) is 0 Å². The molecular weight excluding hydrogens is 289 g/mol. The summed E-state index contributed by atoms with van der Waals surface area (Å²) >= 11 is 0. The number of nitrogens with two attached hydrogens (primary N) is 1. The van der Waals surface area contributed by atoms with Gasteiger partial charge >= 0.3 is 59.1 Å². The number of hydrogen-bond donors (Lipinski definition) is 3. The zero-order chi connectivity index (χ0) is 15.1. The number of nitrogens with one attached hydrogen (secondary N) is 1. The Hall–Kier alpha value is 1.25. The second-order valence-corrected chi connectivity index (χ2v) is 2.01. The van der Waals surface area contributed by atoms with Crippen molar-refractivity contribution >= 4 is 8.25 Å². The smallest absolute Gasteiger partial charge is 0.813 e. The molecule has 0 radical (unpaired) electrons. The van der Waals surface area contributed by atoms with Crippen molar-refractivity contribution in [1.29, 1.82) is 0 Å². The summed E-state index contributed by atoms with van der Waals surface area (Å²) in [4.78, 5) is 17.0. The molecule has 0 spiro atoms. The van der Waals surface area contributed by atoms with Crippen LogP contribution in [0, 0.1) is 0 Å². The Bertz CT molecular complexity index is 125. The minimum atomic E-state index is -3.63. The molecule has 0 bridgehead atoms. The molecule has 19 heavy (non-hydrogen) atoms. The van der Waals surface area contributed by atoms with Gasteiger partial charge in [0.05, 0.1) is 6.61 Å². The van der Waals surface area contributed by atoms with E-state index >= 15 is 0 Å². The van der Waals surface area contributed by atoms with Crippen LogP contribution in [0.2, 0.25) is 0 Å². The molecule has 106 valence electrons. The Balaban J connectivity index is -0.0000000210. The molecule has 0 amide bonds. The van der Waals surface area contributed by atoms with Crippen LogP contribution in [-0.4, -0.2) is 31.3 Å². The maximum absolute atomic E-state index is 8.52. The van der Waals surface area contributed by atoms with Gasteiger partial charge in [-0.25, -0.2) is 0 Å². The van der Waals surface area contributed by atoms with Crippen LogP contribution in [0.15, 0.2) is 39.5 Å². The van der Waals surface area contributed by atoms with Crippen molar-refractivity contribution in [2.45, 2.75) is 0 Å². The fraction of sp³-hybridized carbons (Fsp3) is 0.400. The minimum Gasteiger partial charge on any atom is -0.813 e. The maximum Gasteiger partial charge on any atom is 1.00 e. The molecule has 4 N–H and O–H groups in total. The topological polar surface area (TPSA) is 121 Å². The second-order valence-electron chi connectivity index (χ2n) is 1.51. The molecule has 9 heteroatoms. The Labute approximate surface area is 162 Å². The molecule has 0 aromatic heterocycles. The van der Waals surface area contributed by atoms with E-state index in [1.807, 2.05) is 0 Å². The van der Waals surface area contributed by atoms with Crippen molar-refractivity contribution in [2.24, 2.45) is 5.73 Å². The fourth-order valence-electron chi connectivity index (χ4n) is 0.306. The van der Waals surface area contributed by atoms with Crippen molar-refractivity contribution in [2.75, 3.05) is 26.2 Å². The predicted molar refractivity (Wildman–Crippen MR) is 71.8 cm³/mol. The van der Waals surface area contributed by atoms with Crippen LogP contribution in [0.4, 0.5) is 0 Å². The van der Waals surface area contributed by atoms with E-state index in [-0.39, 0.29) is 65.7 Å². The third-order valence-electron chi connectivity index (χ3n) is 0.610. The van der Waals surface area contributed by atoms with Gasteiger partial charge in [0.2, 0.25) is 0 Å². The fourth-order valence-corrected chi connectivity index (χ4v) is 0.306.